The molecule has 0 fully saturated rings. The lowest BCUT2D eigenvalue weighted by atomic mass is 10.2. The van der Waals surface area contributed by atoms with E-state index in [4.69, 9.17) is 16.0 Å². The van der Waals surface area contributed by atoms with Crippen molar-refractivity contribution in [2.75, 3.05) is 0 Å². The van der Waals surface area contributed by atoms with Gasteiger partial charge < -0.3 is 4.43 Å². The molecule has 0 unspecified atom stereocenters. The van der Waals surface area contributed by atoms with Crippen molar-refractivity contribution in [1.82, 2.24) is 0 Å². The van der Waals surface area contributed by atoms with Crippen LogP contribution < -0.4 is 14.8 Å². The standard InChI is InChI=1S/C23H24BrClOSi/c1-23(2,3)27(20-10-6-4-7-11-20,21-12-8-5-9-13-21)26-19-14-15-22(25)18(16-19)17-24/h4-16H,17H2,1-3H3. The van der Waals surface area contributed by atoms with Crippen LogP contribution in [0.15, 0.2) is 78.9 Å². The fourth-order valence-electron chi connectivity index (χ4n) is 3.54. The maximum absolute atomic E-state index is 7.00. The van der Waals surface area contributed by atoms with E-state index in [9.17, 15) is 0 Å². The van der Waals surface area contributed by atoms with Gasteiger partial charge in [-0.1, -0.05) is 109 Å². The summed E-state index contributed by atoms with van der Waals surface area (Å²) in [5, 5.41) is 3.91. The van der Waals surface area contributed by atoms with Gasteiger partial charge in [0, 0.05) is 10.4 Å². The zero-order valence-corrected chi connectivity index (χ0v) is 19.2. The van der Waals surface area contributed by atoms with Crippen LogP contribution in [0, 0.1) is 0 Å². The van der Waals surface area contributed by atoms with Gasteiger partial charge in [-0.15, -0.1) is 0 Å². The third kappa shape index (κ3) is 4.01. The SMILES string of the molecule is CC(C)(C)[Si](Oc1ccc(Cl)c(CBr)c1)(c1ccccc1)c1ccccc1. The maximum Gasteiger partial charge on any atom is 0.319 e. The summed E-state index contributed by atoms with van der Waals surface area (Å²) in [5.41, 5.74) is 1.03. The molecule has 0 saturated carbocycles. The molecule has 0 atom stereocenters. The highest BCUT2D eigenvalue weighted by molar-refractivity contribution is 9.08. The van der Waals surface area contributed by atoms with E-state index in [0.717, 1.165) is 16.3 Å². The van der Waals surface area contributed by atoms with Crippen LogP contribution in [0.2, 0.25) is 10.1 Å². The molecule has 3 rings (SSSR count). The average molecular weight is 460 g/mol. The predicted octanol–water partition coefficient (Wildman–Crippen LogP) is 6.17. The Hall–Kier alpha value is -1.55. The van der Waals surface area contributed by atoms with Gasteiger partial charge in [0.25, 0.3) is 0 Å². The average Bonchev–Trinajstić information content (AvgIpc) is 2.67. The molecule has 0 heterocycles. The summed E-state index contributed by atoms with van der Waals surface area (Å²) in [7, 11) is -2.60. The summed E-state index contributed by atoms with van der Waals surface area (Å²) in [4.78, 5) is 0. The Bertz CT molecular complexity index is 852. The monoisotopic (exact) mass is 458 g/mol. The number of benzene rings is 3. The van der Waals surface area contributed by atoms with Crippen LogP contribution in [-0.2, 0) is 5.33 Å². The lowest BCUT2D eigenvalue weighted by Crippen LogP contribution is -2.68. The Morgan fingerprint density at radius 2 is 1.37 bits per heavy atom. The van der Waals surface area contributed by atoms with Crippen LogP contribution in [0.5, 0.6) is 5.75 Å². The number of hydrogen-bond acceptors (Lipinski definition) is 1. The van der Waals surface area contributed by atoms with E-state index in [-0.39, 0.29) is 5.04 Å². The molecule has 0 amide bonds. The lowest BCUT2D eigenvalue weighted by Gasteiger charge is -2.43. The van der Waals surface area contributed by atoms with Crippen molar-refractivity contribution in [3.8, 4) is 5.75 Å². The van der Waals surface area contributed by atoms with Gasteiger partial charge >= 0.3 is 8.32 Å². The van der Waals surface area contributed by atoms with Gasteiger partial charge in [0.1, 0.15) is 5.75 Å². The third-order valence-electron chi connectivity index (χ3n) is 4.85. The van der Waals surface area contributed by atoms with Gasteiger partial charge in [0.05, 0.1) is 0 Å². The molecule has 1 nitrogen and oxygen atoms in total. The molecular weight excluding hydrogens is 436 g/mol. The predicted molar refractivity (Wildman–Crippen MR) is 122 cm³/mol. The van der Waals surface area contributed by atoms with Gasteiger partial charge in [0.15, 0.2) is 0 Å². The Morgan fingerprint density at radius 3 is 1.81 bits per heavy atom. The molecule has 0 N–H and O–H groups in total. The number of halogens is 2. The van der Waals surface area contributed by atoms with E-state index in [1.807, 2.05) is 12.1 Å². The Balaban J connectivity index is 2.24. The third-order valence-corrected chi connectivity index (χ3v) is 10.8. The zero-order valence-electron chi connectivity index (χ0n) is 15.9. The van der Waals surface area contributed by atoms with Crippen molar-refractivity contribution in [2.24, 2.45) is 0 Å². The number of hydrogen-bond donors (Lipinski definition) is 0. The highest BCUT2D eigenvalue weighted by atomic mass is 79.9. The molecule has 140 valence electrons. The summed E-state index contributed by atoms with van der Waals surface area (Å²) in [6.45, 7) is 6.83. The molecule has 0 aliphatic heterocycles. The Morgan fingerprint density at radius 1 is 0.852 bits per heavy atom. The zero-order chi connectivity index (χ0) is 19.5. The van der Waals surface area contributed by atoms with Crippen LogP contribution in [0.4, 0.5) is 0 Å². The summed E-state index contributed by atoms with van der Waals surface area (Å²) in [6, 6.07) is 27.3. The minimum atomic E-state index is -2.60. The lowest BCUT2D eigenvalue weighted by molar-refractivity contribution is 0.508. The van der Waals surface area contributed by atoms with E-state index >= 15 is 0 Å². The highest BCUT2D eigenvalue weighted by Gasteiger charge is 2.52. The molecule has 0 aliphatic carbocycles. The van der Waals surface area contributed by atoms with Gasteiger partial charge in [-0.3, -0.25) is 0 Å². The van der Waals surface area contributed by atoms with Gasteiger partial charge in [0.2, 0.25) is 0 Å². The first-order valence-corrected chi connectivity index (χ1v) is 12.4. The van der Waals surface area contributed by atoms with E-state index in [1.54, 1.807) is 0 Å². The second kappa shape index (κ2) is 8.22. The fraction of sp³-hybridized carbons (Fsp3) is 0.217. The van der Waals surface area contributed by atoms with Gasteiger partial charge in [-0.25, -0.2) is 0 Å². The van der Waals surface area contributed by atoms with Gasteiger partial charge in [-0.05, 0) is 39.2 Å². The van der Waals surface area contributed by atoms with Crippen molar-refractivity contribution in [1.29, 1.82) is 0 Å². The summed E-state index contributed by atoms with van der Waals surface area (Å²) in [5.74, 6) is 0.864. The smallest absolute Gasteiger partial charge is 0.319 e. The van der Waals surface area contributed by atoms with Crippen molar-refractivity contribution in [2.45, 2.75) is 31.1 Å². The summed E-state index contributed by atoms with van der Waals surface area (Å²) in [6.07, 6.45) is 0. The molecule has 0 aromatic heterocycles. The Kier molecular flexibility index (Phi) is 6.14. The van der Waals surface area contributed by atoms with E-state index in [0.29, 0.717) is 5.33 Å². The molecule has 0 aliphatic rings. The van der Waals surface area contributed by atoms with Crippen molar-refractivity contribution in [3.05, 3.63) is 89.4 Å². The minimum Gasteiger partial charge on any atom is -0.534 e. The molecule has 27 heavy (non-hydrogen) atoms. The highest BCUT2D eigenvalue weighted by Crippen LogP contribution is 2.38. The molecule has 0 bridgehead atoms. The van der Waals surface area contributed by atoms with E-state index in [1.165, 1.54) is 10.4 Å². The van der Waals surface area contributed by atoms with Crippen LogP contribution in [0.1, 0.15) is 26.3 Å². The second-order valence-corrected chi connectivity index (χ2v) is 12.8. The maximum atomic E-state index is 7.00. The largest absolute Gasteiger partial charge is 0.534 e. The Labute approximate surface area is 176 Å². The van der Waals surface area contributed by atoms with Crippen LogP contribution in [0.25, 0.3) is 0 Å². The first-order chi connectivity index (χ1) is 12.9. The van der Waals surface area contributed by atoms with Crippen LogP contribution >= 0.6 is 27.5 Å². The number of rotatable bonds is 5. The normalized spacial score (nSPS) is 12.0. The molecule has 0 saturated heterocycles. The fourth-order valence-corrected chi connectivity index (χ4v) is 8.76. The van der Waals surface area contributed by atoms with Crippen LogP contribution in [-0.4, -0.2) is 8.32 Å². The molecule has 0 spiro atoms. The van der Waals surface area contributed by atoms with E-state index < -0.39 is 8.32 Å². The molecule has 4 heteroatoms. The van der Waals surface area contributed by atoms with Crippen molar-refractivity contribution >= 4 is 46.2 Å². The summed E-state index contributed by atoms with van der Waals surface area (Å²) >= 11 is 9.84. The molecule has 3 aromatic carbocycles. The molecule has 0 radical (unpaired) electrons. The van der Waals surface area contributed by atoms with Gasteiger partial charge in [-0.2, -0.15) is 0 Å². The quantitative estimate of drug-likeness (QED) is 0.327. The minimum absolute atomic E-state index is 0.0656. The topological polar surface area (TPSA) is 9.23 Å². The van der Waals surface area contributed by atoms with Crippen molar-refractivity contribution < 1.29 is 4.43 Å². The first-order valence-electron chi connectivity index (χ1n) is 9.03. The summed E-state index contributed by atoms with van der Waals surface area (Å²) < 4.78 is 7.00. The number of alkyl halides is 1. The second-order valence-electron chi connectivity index (χ2n) is 7.65. The first kappa shape index (κ1) is 20.2. The van der Waals surface area contributed by atoms with E-state index in [2.05, 4.69) is 103 Å². The van der Waals surface area contributed by atoms with Crippen LogP contribution in [0.3, 0.4) is 0 Å². The van der Waals surface area contributed by atoms with Crippen molar-refractivity contribution in [3.63, 3.8) is 0 Å². The molecular formula is C23H24BrClOSi. The molecule has 3 aromatic rings.